The number of halogens is 1. The standard InChI is InChI=1S/C20H26ClN3O/c1-23(17-3-4-17)14-16-13-20(16)7-10-24(11-8-20)19(25)5-2-15-6-9-22-18(21)12-15/h2,5-6,9,12,16-17H,3-4,7-8,10-11,13-14H2,1H3/b5-2+. The van der Waals surface area contributed by atoms with Crippen LogP contribution >= 0.6 is 11.6 Å². The summed E-state index contributed by atoms with van der Waals surface area (Å²) in [6.45, 7) is 3.04. The third-order valence-electron chi connectivity index (χ3n) is 6.28. The van der Waals surface area contributed by atoms with E-state index in [1.54, 1.807) is 18.3 Å². The summed E-state index contributed by atoms with van der Waals surface area (Å²) in [4.78, 5) is 20.9. The van der Waals surface area contributed by atoms with Gasteiger partial charge in [-0.1, -0.05) is 11.6 Å². The molecular weight excluding hydrogens is 334 g/mol. The van der Waals surface area contributed by atoms with E-state index in [0.29, 0.717) is 10.6 Å². The number of nitrogens with zero attached hydrogens (tertiary/aromatic N) is 3. The molecule has 1 amide bonds. The quantitative estimate of drug-likeness (QED) is 0.596. The monoisotopic (exact) mass is 359 g/mol. The number of hydrogen-bond donors (Lipinski definition) is 0. The molecule has 5 heteroatoms. The minimum Gasteiger partial charge on any atom is -0.339 e. The van der Waals surface area contributed by atoms with Gasteiger partial charge in [-0.3, -0.25) is 4.79 Å². The van der Waals surface area contributed by atoms with Crippen LogP contribution in [0, 0.1) is 11.3 Å². The predicted octanol–water partition coefficient (Wildman–Crippen LogP) is 3.47. The van der Waals surface area contributed by atoms with E-state index >= 15 is 0 Å². The van der Waals surface area contributed by atoms with Gasteiger partial charge in [0, 0.05) is 37.9 Å². The van der Waals surface area contributed by atoms with E-state index < -0.39 is 0 Å². The number of carbonyl (C=O) groups excluding carboxylic acids is 1. The molecule has 2 saturated carbocycles. The molecule has 1 saturated heterocycles. The Bertz CT molecular complexity index is 677. The average molecular weight is 360 g/mol. The van der Waals surface area contributed by atoms with Crippen LogP contribution in [0.3, 0.4) is 0 Å². The molecule has 1 unspecified atom stereocenters. The molecule has 2 aliphatic carbocycles. The summed E-state index contributed by atoms with van der Waals surface area (Å²) < 4.78 is 0. The highest BCUT2D eigenvalue weighted by atomic mass is 35.5. The van der Waals surface area contributed by atoms with Crippen LogP contribution in [0.25, 0.3) is 6.08 Å². The molecule has 0 bridgehead atoms. The first-order valence-electron chi connectivity index (χ1n) is 9.34. The zero-order chi connectivity index (χ0) is 17.4. The maximum absolute atomic E-state index is 12.4. The zero-order valence-electron chi connectivity index (χ0n) is 14.8. The van der Waals surface area contributed by atoms with Gasteiger partial charge in [-0.25, -0.2) is 4.98 Å². The molecule has 134 valence electrons. The summed E-state index contributed by atoms with van der Waals surface area (Å²) in [6, 6.07) is 4.47. The zero-order valence-corrected chi connectivity index (χ0v) is 15.6. The molecule has 0 N–H and O–H groups in total. The van der Waals surface area contributed by atoms with Crippen LogP contribution in [-0.4, -0.2) is 53.4 Å². The Balaban J connectivity index is 1.26. The maximum atomic E-state index is 12.4. The van der Waals surface area contributed by atoms with Crippen molar-refractivity contribution in [2.75, 3.05) is 26.7 Å². The maximum Gasteiger partial charge on any atom is 0.246 e. The van der Waals surface area contributed by atoms with E-state index in [0.717, 1.165) is 43.5 Å². The van der Waals surface area contributed by atoms with E-state index in [4.69, 9.17) is 11.6 Å². The van der Waals surface area contributed by atoms with Crippen LogP contribution in [0.1, 0.15) is 37.7 Å². The van der Waals surface area contributed by atoms with Gasteiger partial charge in [0.1, 0.15) is 5.15 Å². The van der Waals surface area contributed by atoms with Gasteiger partial charge >= 0.3 is 0 Å². The van der Waals surface area contributed by atoms with Crippen molar-refractivity contribution < 1.29 is 4.79 Å². The second-order valence-corrected chi connectivity index (χ2v) is 8.39. The van der Waals surface area contributed by atoms with Crippen LogP contribution in [0.4, 0.5) is 0 Å². The van der Waals surface area contributed by atoms with Crippen molar-refractivity contribution in [2.24, 2.45) is 11.3 Å². The van der Waals surface area contributed by atoms with Crippen molar-refractivity contribution in [2.45, 2.75) is 38.1 Å². The van der Waals surface area contributed by atoms with Crippen molar-refractivity contribution in [3.63, 3.8) is 0 Å². The summed E-state index contributed by atoms with van der Waals surface area (Å²) in [5.41, 5.74) is 1.44. The summed E-state index contributed by atoms with van der Waals surface area (Å²) in [7, 11) is 2.28. The Kier molecular flexibility index (Phi) is 4.59. The van der Waals surface area contributed by atoms with Gasteiger partial charge in [-0.05, 0) is 74.3 Å². The van der Waals surface area contributed by atoms with Crippen molar-refractivity contribution in [1.82, 2.24) is 14.8 Å². The van der Waals surface area contributed by atoms with Crippen LogP contribution in [0.2, 0.25) is 5.15 Å². The lowest BCUT2D eigenvalue weighted by molar-refractivity contribution is -0.127. The van der Waals surface area contributed by atoms with Crippen LogP contribution < -0.4 is 0 Å². The number of hydrogen-bond acceptors (Lipinski definition) is 3. The Morgan fingerprint density at radius 1 is 1.44 bits per heavy atom. The van der Waals surface area contributed by atoms with Gasteiger partial charge in [0.25, 0.3) is 0 Å². The van der Waals surface area contributed by atoms with Gasteiger partial charge in [0.2, 0.25) is 5.91 Å². The number of likely N-dealkylation sites (tertiary alicyclic amines) is 1. The largest absolute Gasteiger partial charge is 0.339 e. The van der Waals surface area contributed by atoms with E-state index in [9.17, 15) is 4.79 Å². The molecule has 1 spiro atoms. The molecule has 0 radical (unpaired) electrons. The fourth-order valence-electron chi connectivity index (χ4n) is 4.28. The molecule has 3 aliphatic rings. The Morgan fingerprint density at radius 3 is 2.88 bits per heavy atom. The lowest BCUT2D eigenvalue weighted by atomic mass is 9.90. The summed E-state index contributed by atoms with van der Waals surface area (Å²) in [5.74, 6) is 0.958. The van der Waals surface area contributed by atoms with Gasteiger partial charge in [0.05, 0.1) is 0 Å². The highest BCUT2D eigenvalue weighted by molar-refractivity contribution is 6.29. The molecule has 0 aromatic carbocycles. The summed E-state index contributed by atoms with van der Waals surface area (Å²) >= 11 is 5.88. The smallest absolute Gasteiger partial charge is 0.246 e. The second-order valence-electron chi connectivity index (χ2n) is 8.00. The molecular formula is C20H26ClN3O. The number of carbonyl (C=O) groups is 1. The van der Waals surface area contributed by atoms with Gasteiger partial charge in [-0.2, -0.15) is 0 Å². The van der Waals surface area contributed by atoms with Gasteiger partial charge < -0.3 is 9.80 Å². The fraction of sp³-hybridized carbons (Fsp3) is 0.600. The Morgan fingerprint density at radius 2 is 2.20 bits per heavy atom. The average Bonchev–Trinajstić information content (AvgIpc) is 3.51. The number of aromatic nitrogens is 1. The van der Waals surface area contributed by atoms with Crippen molar-refractivity contribution in [3.8, 4) is 0 Å². The molecule has 4 rings (SSSR count). The molecule has 1 aromatic rings. The normalized spacial score (nSPS) is 25.1. The molecule has 4 nitrogen and oxygen atoms in total. The third kappa shape index (κ3) is 3.90. The minimum absolute atomic E-state index is 0.107. The van der Waals surface area contributed by atoms with E-state index in [1.807, 2.05) is 17.0 Å². The van der Waals surface area contributed by atoms with Crippen LogP contribution in [0.5, 0.6) is 0 Å². The Labute approximate surface area is 154 Å². The van der Waals surface area contributed by atoms with Gasteiger partial charge in [-0.15, -0.1) is 0 Å². The molecule has 3 fully saturated rings. The lowest BCUT2D eigenvalue weighted by Crippen LogP contribution is -2.39. The third-order valence-corrected chi connectivity index (χ3v) is 6.48. The van der Waals surface area contributed by atoms with Crippen molar-refractivity contribution in [3.05, 3.63) is 35.1 Å². The van der Waals surface area contributed by atoms with Gasteiger partial charge in [0.15, 0.2) is 0 Å². The molecule has 1 aliphatic heterocycles. The second kappa shape index (κ2) is 6.73. The number of pyridine rings is 1. The molecule has 25 heavy (non-hydrogen) atoms. The SMILES string of the molecule is CN(CC1CC12CCN(C(=O)/C=C/c1ccnc(Cl)c1)CC2)C1CC1. The highest BCUT2D eigenvalue weighted by Gasteiger charge is 2.55. The van der Waals surface area contributed by atoms with E-state index in [2.05, 4.69) is 16.9 Å². The van der Waals surface area contributed by atoms with Crippen molar-refractivity contribution in [1.29, 1.82) is 0 Å². The highest BCUT2D eigenvalue weighted by Crippen LogP contribution is 2.59. The first-order valence-corrected chi connectivity index (χ1v) is 9.72. The summed E-state index contributed by atoms with van der Waals surface area (Å²) in [5, 5.41) is 0.449. The molecule has 1 aromatic heterocycles. The minimum atomic E-state index is 0.107. The number of amides is 1. The summed E-state index contributed by atoms with van der Waals surface area (Å²) in [6.07, 6.45) is 11.6. The number of piperidine rings is 1. The number of rotatable bonds is 5. The fourth-order valence-corrected chi connectivity index (χ4v) is 4.46. The van der Waals surface area contributed by atoms with Crippen LogP contribution in [-0.2, 0) is 4.79 Å². The van der Waals surface area contributed by atoms with Crippen molar-refractivity contribution >= 4 is 23.6 Å². The Hall–Kier alpha value is -1.39. The first kappa shape index (κ1) is 17.0. The van der Waals surface area contributed by atoms with E-state index in [1.165, 1.54) is 25.8 Å². The predicted molar refractivity (Wildman–Crippen MR) is 100 cm³/mol. The first-order chi connectivity index (χ1) is 12.1. The molecule has 1 atom stereocenters. The molecule has 2 heterocycles. The van der Waals surface area contributed by atoms with Crippen LogP contribution in [0.15, 0.2) is 24.4 Å². The van der Waals surface area contributed by atoms with E-state index in [-0.39, 0.29) is 5.91 Å². The lowest BCUT2D eigenvalue weighted by Gasteiger charge is -2.33. The topological polar surface area (TPSA) is 36.4 Å².